The van der Waals surface area contributed by atoms with Crippen molar-refractivity contribution in [3.05, 3.63) is 48.0 Å². The van der Waals surface area contributed by atoms with Crippen LogP contribution in [0.1, 0.15) is 30.9 Å². The summed E-state index contributed by atoms with van der Waals surface area (Å²) >= 11 is 0. The van der Waals surface area contributed by atoms with E-state index < -0.39 is 10.0 Å². The zero-order valence-corrected chi connectivity index (χ0v) is 18.9. The van der Waals surface area contributed by atoms with Gasteiger partial charge in [0.2, 0.25) is 10.0 Å². The minimum absolute atomic E-state index is 0.364. The fourth-order valence-electron chi connectivity index (χ4n) is 4.65. The molecule has 1 saturated heterocycles. The van der Waals surface area contributed by atoms with Crippen LogP contribution in [0.4, 0.5) is 11.4 Å². The topological polar surface area (TPSA) is 87.4 Å². The Labute approximate surface area is 188 Å². The molecule has 0 unspecified atom stereocenters. The Morgan fingerprint density at radius 3 is 2.41 bits per heavy atom. The number of aromatic nitrogens is 1. The zero-order valence-electron chi connectivity index (χ0n) is 18.0. The summed E-state index contributed by atoms with van der Waals surface area (Å²) in [5, 5.41) is 11.1. The first-order valence-electron chi connectivity index (χ1n) is 10.9. The van der Waals surface area contributed by atoms with Crippen LogP contribution in [0.15, 0.2) is 42.5 Å². The monoisotopic (exact) mass is 450 g/mol. The van der Waals surface area contributed by atoms with E-state index in [-0.39, 0.29) is 0 Å². The Kier molecular flexibility index (Phi) is 5.31. The van der Waals surface area contributed by atoms with E-state index in [0.29, 0.717) is 17.3 Å². The maximum Gasteiger partial charge on any atom is 0.229 e. The van der Waals surface area contributed by atoms with Gasteiger partial charge in [0.05, 0.1) is 36.2 Å². The van der Waals surface area contributed by atoms with Crippen LogP contribution in [0.25, 0.3) is 22.2 Å². The standard InChI is InChI=1S/C24H26N4O3S/c1-32(29,30)26-18-7-5-17(6-8-18)24-22(16-25)21-10-9-20(27-11-13-31-14-12-27)15-23(21)28(24)19-3-2-4-19/h5-10,15,19,26H,2-4,11-14H2,1H3. The second kappa shape index (κ2) is 8.15. The lowest BCUT2D eigenvalue weighted by Gasteiger charge is -2.31. The SMILES string of the molecule is CS(=O)(=O)Nc1ccc(-c2c(C#N)c3ccc(N4CCOCC4)cc3n2C2CCC2)cc1. The summed E-state index contributed by atoms with van der Waals surface area (Å²) in [5.41, 5.74) is 5.25. The predicted molar refractivity (Wildman–Crippen MR) is 126 cm³/mol. The van der Waals surface area contributed by atoms with E-state index in [1.165, 1.54) is 6.42 Å². The number of benzene rings is 2. The van der Waals surface area contributed by atoms with Gasteiger partial charge in [-0.1, -0.05) is 12.1 Å². The summed E-state index contributed by atoms with van der Waals surface area (Å²) in [6.45, 7) is 3.18. The molecule has 0 spiro atoms. The largest absolute Gasteiger partial charge is 0.378 e. The second-order valence-electron chi connectivity index (χ2n) is 8.54. The maximum absolute atomic E-state index is 11.6. The lowest BCUT2D eigenvalue weighted by molar-refractivity contribution is 0.122. The van der Waals surface area contributed by atoms with Crippen LogP contribution in [0.2, 0.25) is 0 Å². The number of nitrogens with zero attached hydrogens (tertiary/aromatic N) is 3. The number of morpholine rings is 1. The highest BCUT2D eigenvalue weighted by molar-refractivity contribution is 7.92. The van der Waals surface area contributed by atoms with Crippen molar-refractivity contribution in [2.75, 3.05) is 42.2 Å². The van der Waals surface area contributed by atoms with Gasteiger partial charge in [0.1, 0.15) is 6.07 Å². The minimum Gasteiger partial charge on any atom is -0.378 e. The number of nitrogens with one attached hydrogen (secondary N) is 1. The van der Waals surface area contributed by atoms with Crippen LogP contribution in [-0.4, -0.2) is 45.5 Å². The van der Waals surface area contributed by atoms with Crippen molar-refractivity contribution in [2.45, 2.75) is 25.3 Å². The number of rotatable bonds is 5. The fraction of sp³-hybridized carbons (Fsp3) is 0.375. The molecule has 166 valence electrons. The van der Waals surface area contributed by atoms with Crippen molar-refractivity contribution in [2.24, 2.45) is 0 Å². The summed E-state index contributed by atoms with van der Waals surface area (Å²) in [6.07, 6.45) is 4.51. The van der Waals surface area contributed by atoms with Crippen LogP contribution in [0.5, 0.6) is 0 Å². The molecule has 2 fully saturated rings. The number of sulfonamides is 1. The first-order valence-corrected chi connectivity index (χ1v) is 12.8. The summed E-state index contributed by atoms with van der Waals surface area (Å²) in [5.74, 6) is 0. The molecule has 1 saturated carbocycles. The molecule has 0 radical (unpaired) electrons. The van der Waals surface area contributed by atoms with Gasteiger partial charge in [-0.2, -0.15) is 5.26 Å². The van der Waals surface area contributed by atoms with Crippen molar-refractivity contribution in [3.8, 4) is 17.3 Å². The molecule has 2 heterocycles. The molecule has 5 rings (SSSR count). The quantitative estimate of drug-likeness (QED) is 0.632. The lowest BCUT2D eigenvalue weighted by atomic mass is 9.92. The van der Waals surface area contributed by atoms with E-state index in [4.69, 9.17) is 4.74 Å². The van der Waals surface area contributed by atoms with Crippen LogP contribution >= 0.6 is 0 Å². The minimum atomic E-state index is -3.34. The molecule has 0 amide bonds. The predicted octanol–water partition coefficient (Wildman–Crippen LogP) is 4.11. The highest BCUT2D eigenvalue weighted by Crippen LogP contribution is 2.43. The average Bonchev–Trinajstić information content (AvgIpc) is 3.06. The smallest absolute Gasteiger partial charge is 0.229 e. The van der Waals surface area contributed by atoms with Crippen LogP contribution in [0, 0.1) is 11.3 Å². The molecule has 1 aliphatic heterocycles. The molecule has 1 aromatic heterocycles. The van der Waals surface area contributed by atoms with Gasteiger partial charge in [-0.25, -0.2) is 8.42 Å². The highest BCUT2D eigenvalue weighted by atomic mass is 32.2. The van der Waals surface area contributed by atoms with E-state index in [2.05, 4.69) is 38.5 Å². The van der Waals surface area contributed by atoms with Gasteiger partial charge >= 0.3 is 0 Å². The second-order valence-corrected chi connectivity index (χ2v) is 10.3. The summed E-state index contributed by atoms with van der Waals surface area (Å²) in [7, 11) is -3.34. The van der Waals surface area contributed by atoms with E-state index in [1.54, 1.807) is 12.1 Å². The third-order valence-electron chi connectivity index (χ3n) is 6.38. The van der Waals surface area contributed by atoms with Crippen molar-refractivity contribution in [1.82, 2.24) is 4.57 Å². The third kappa shape index (κ3) is 3.83. The van der Waals surface area contributed by atoms with Gasteiger partial charge in [-0.3, -0.25) is 4.72 Å². The number of hydrogen-bond donors (Lipinski definition) is 1. The van der Waals surface area contributed by atoms with E-state index in [1.807, 2.05) is 12.1 Å². The van der Waals surface area contributed by atoms with Crippen molar-refractivity contribution in [3.63, 3.8) is 0 Å². The summed E-state index contributed by atoms with van der Waals surface area (Å²) in [4.78, 5) is 2.33. The molecule has 2 aliphatic rings. The van der Waals surface area contributed by atoms with Crippen LogP contribution in [-0.2, 0) is 14.8 Å². The highest BCUT2D eigenvalue weighted by Gasteiger charge is 2.28. The van der Waals surface area contributed by atoms with Crippen LogP contribution < -0.4 is 9.62 Å². The van der Waals surface area contributed by atoms with E-state index >= 15 is 0 Å². The van der Waals surface area contributed by atoms with Gasteiger partial charge in [0.25, 0.3) is 0 Å². The Hall–Kier alpha value is -3.02. The molecule has 32 heavy (non-hydrogen) atoms. The molecule has 1 N–H and O–H groups in total. The molecule has 8 heteroatoms. The van der Waals surface area contributed by atoms with Gasteiger partial charge in [0.15, 0.2) is 0 Å². The van der Waals surface area contributed by atoms with E-state index in [0.717, 1.165) is 73.2 Å². The van der Waals surface area contributed by atoms with Gasteiger partial charge in [-0.05, 0) is 55.2 Å². The first-order chi connectivity index (χ1) is 15.4. The molecular formula is C24H26N4O3S. The Morgan fingerprint density at radius 2 is 1.81 bits per heavy atom. The summed E-state index contributed by atoms with van der Waals surface area (Å²) in [6, 6.07) is 16.5. The van der Waals surface area contributed by atoms with Crippen molar-refractivity contribution < 1.29 is 13.2 Å². The third-order valence-corrected chi connectivity index (χ3v) is 6.98. The van der Waals surface area contributed by atoms with Gasteiger partial charge in [-0.15, -0.1) is 0 Å². The number of nitriles is 1. The lowest BCUT2D eigenvalue weighted by Crippen LogP contribution is -2.36. The Balaban J connectivity index is 1.65. The average molecular weight is 451 g/mol. The van der Waals surface area contributed by atoms with Gasteiger partial charge in [0, 0.05) is 35.9 Å². The molecule has 0 bridgehead atoms. The molecular weight excluding hydrogens is 424 g/mol. The number of ether oxygens (including phenoxy) is 1. The van der Waals surface area contributed by atoms with Gasteiger partial charge < -0.3 is 14.2 Å². The molecule has 3 aromatic rings. The fourth-order valence-corrected chi connectivity index (χ4v) is 5.21. The molecule has 1 aliphatic carbocycles. The van der Waals surface area contributed by atoms with Crippen molar-refractivity contribution in [1.29, 1.82) is 5.26 Å². The Bertz CT molecular complexity index is 1300. The van der Waals surface area contributed by atoms with E-state index in [9.17, 15) is 13.7 Å². The molecule has 2 aromatic carbocycles. The zero-order chi connectivity index (χ0) is 22.3. The summed E-state index contributed by atoms with van der Waals surface area (Å²) < 4.78 is 33.5. The Morgan fingerprint density at radius 1 is 1.09 bits per heavy atom. The number of hydrogen-bond acceptors (Lipinski definition) is 5. The maximum atomic E-state index is 11.6. The molecule has 7 nitrogen and oxygen atoms in total. The van der Waals surface area contributed by atoms with Crippen LogP contribution in [0.3, 0.4) is 0 Å². The number of anilines is 2. The first kappa shape index (κ1) is 20.9. The van der Waals surface area contributed by atoms with Crippen molar-refractivity contribution >= 4 is 32.3 Å². The molecule has 0 atom stereocenters. The number of fused-ring (bicyclic) bond motifs is 1. The normalized spacial score (nSPS) is 17.2.